The molecule has 2 unspecified atom stereocenters. The molecule has 2 atom stereocenters. The molecule has 0 spiro atoms. The van der Waals surface area contributed by atoms with Gasteiger partial charge in [-0.15, -0.1) is 0 Å². The topological polar surface area (TPSA) is 6.48 Å². The van der Waals surface area contributed by atoms with Gasteiger partial charge in [0.2, 0.25) is 0 Å². The molecule has 2 heterocycles. The van der Waals surface area contributed by atoms with Crippen molar-refractivity contribution in [3.63, 3.8) is 0 Å². The second-order valence-corrected chi connectivity index (χ2v) is 17.0. The Morgan fingerprint density at radius 3 is 2.07 bits per heavy atom. The first kappa shape index (κ1) is 33.9. The molecule has 0 radical (unpaired) electrons. The third-order valence-corrected chi connectivity index (χ3v) is 13.3. The molecule has 2 nitrogen and oxygen atoms in total. The third kappa shape index (κ3) is 5.23. The fourth-order valence-electron chi connectivity index (χ4n) is 10.4. The lowest BCUT2D eigenvalue weighted by Crippen LogP contribution is -2.41. The minimum absolute atomic E-state index is 0.112. The van der Waals surface area contributed by atoms with Crippen LogP contribution in [0.1, 0.15) is 60.6 Å². The molecule has 0 bridgehead atoms. The predicted molar refractivity (Wildman–Crippen MR) is 244 cm³/mol. The number of fused-ring (bicyclic) bond motifs is 8. The van der Waals surface area contributed by atoms with Gasteiger partial charge in [-0.05, 0) is 92.4 Å². The van der Waals surface area contributed by atoms with Crippen molar-refractivity contribution in [3.05, 3.63) is 197 Å². The van der Waals surface area contributed by atoms with E-state index in [1.165, 1.54) is 95.2 Å². The van der Waals surface area contributed by atoms with Gasteiger partial charge in [0.1, 0.15) is 0 Å². The summed E-state index contributed by atoms with van der Waals surface area (Å²) in [6.45, 7) is 8.21. The Morgan fingerprint density at radius 1 is 0.614 bits per heavy atom. The molecule has 4 aliphatic rings. The van der Waals surface area contributed by atoms with Crippen molar-refractivity contribution in [2.45, 2.75) is 45.1 Å². The normalized spacial score (nSPS) is 20.0. The monoisotopic (exact) mass is 734 g/mol. The number of benzene rings is 7. The van der Waals surface area contributed by atoms with Crippen LogP contribution < -0.4 is 9.80 Å². The number of rotatable bonds is 4. The summed E-state index contributed by atoms with van der Waals surface area (Å²) in [4.78, 5) is 5.14. The molecule has 7 aromatic carbocycles. The SMILES string of the molecule is CC1(C)c2cc(C=Cc3c4ccccc4c(N4c5ccccc5C=CC5(C)C=CC=CC45)c4ccccc34)ccc2-c2ccc(N3CCCc4ccccc43)cc21. The van der Waals surface area contributed by atoms with E-state index in [9.17, 15) is 0 Å². The van der Waals surface area contributed by atoms with Gasteiger partial charge in [0.25, 0.3) is 0 Å². The Morgan fingerprint density at radius 2 is 1.28 bits per heavy atom. The van der Waals surface area contributed by atoms with Crippen LogP contribution in [0, 0.1) is 5.41 Å². The minimum atomic E-state index is -0.171. The lowest BCUT2D eigenvalue weighted by atomic mass is 9.78. The summed E-state index contributed by atoms with van der Waals surface area (Å²) in [5.41, 5.74) is 15.5. The number of hydrogen-bond donors (Lipinski definition) is 0. The van der Waals surface area contributed by atoms with Crippen molar-refractivity contribution in [2.75, 3.05) is 16.3 Å². The summed E-state index contributed by atoms with van der Waals surface area (Å²) in [6, 6.07) is 50.2. The predicted octanol–water partition coefficient (Wildman–Crippen LogP) is 14.2. The van der Waals surface area contributed by atoms with Crippen LogP contribution >= 0.6 is 0 Å². The second kappa shape index (κ2) is 12.8. The molecule has 0 fully saturated rings. The smallest absolute Gasteiger partial charge is 0.0649 e. The number of para-hydroxylation sites is 2. The minimum Gasteiger partial charge on any atom is -0.341 e. The molecule has 0 saturated heterocycles. The third-order valence-electron chi connectivity index (χ3n) is 13.3. The van der Waals surface area contributed by atoms with Gasteiger partial charge in [0.15, 0.2) is 0 Å². The van der Waals surface area contributed by atoms with Crippen LogP contribution in [0.4, 0.5) is 22.7 Å². The summed E-state index contributed by atoms with van der Waals surface area (Å²) in [5.74, 6) is 0. The van der Waals surface area contributed by atoms with Crippen molar-refractivity contribution < 1.29 is 0 Å². The fourth-order valence-corrected chi connectivity index (χ4v) is 10.4. The van der Waals surface area contributed by atoms with Crippen molar-refractivity contribution in [3.8, 4) is 11.1 Å². The van der Waals surface area contributed by atoms with Crippen molar-refractivity contribution >= 4 is 62.5 Å². The van der Waals surface area contributed by atoms with E-state index in [1.54, 1.807) is 0 Å². The van der Waals surface area contributed by atoms with Crippen LogP contribution in [0.5, 0.6) is 0 Å². The van der Waals surface area contributed by atoms with E-state index >= 15 is 0 Å². The van der Waals surface area contributed by atoms with Gasteiger partial charge in [0.05, 0.1) is 11.7 Å². The maximum Gasteiger partial charge on any atom is 0.0649 e. The summed E-state index contributed by atoms with van der Waals surface area (Å²) in [6.07, 6.45) is 20.9. The standard InChI is InChI=1S/C55H46N2/c1-54(2)48-35-37(26-29-44(48)45-30-27-40(36-49(45)54)56-34-14-17-38-15-4-10-22-50(38)56)25-28-43-41-18-6-8-20-46(41)53(47-21-9-7-19-42(43)47)57-51-23-11-5-16-39(51)31-33-55(3)32-13-12-24-52(55)57/h4-13,15-16,18-33,35-36,52H,14,17,34H2,1-3H3. The molecular weight excluding hydrogens is 689 g/mol. The molecular formula is C55H46N2. The zero-order valence-corrected chi connectivity index (χ0v) is 32.9. The van der Waals surface area contributed by atoms with E-state index in [1.807, 2.05) is 0 Å². The molecule has 0 N–H and O–H groups in total. The lowest BCUT2D eigenvalue weighted by Gasteiger charge is -2.42. The van der Waals surface area contributed by atoms with E-state index in [0.29, 0.717) is 0 Å². The summed E-state index contributed by atoms with van der Waals surface area (Å²) in [5, 5.41) is 5.04. The Balaban J connectivity index is 1.01. The number of nitrogens with zero attached hydrogens (tertiary/aromatic N) is 2. The molecule has 2 aliphatic carbocycles. The van der Waals surface area contributed by atoms with Gasteiger partial charge in [-0.1, -0.05) is 179 Å². The zero-order valence-electron chi connectivity index (χ0n) is 32.9. The largest absolute Gasteiger partial charge is 0.341 e. The van der Waals surface area contributed by atoms with E-state index in [2.05, 4.69) is 213 Å². The Hall–Kier alpha value is -6.38. The van der Waals surface area contributed by atoms with Crippen molar-refractivity contribution in [2.24, 2.45) is 5.41 Å². The van der Waals surface area contributed by atoms with E-state index in [0.717, 1.165) is 13.0 Å². The first-order valence-corrected chi connectivity index (χ1v) is 20.6. The van der Waals surface area contributed by atoms with Crippen LogP contribution in [0.3, 0.4) is 0 Å². The summed E-state index contributed by atoms with van der Waals surface area (Å²) in [7, 11) is 0. The number of anilines is 4. The second-order valence-electron chi connectivity index (χ2n) is 17.0. The highest BCUT2D eigenvalue weighted by Gasteiger charge is 2.39. The van der Waals surface area contributed by atoms with E-state index < -0.39 is 0 Å². The van der Waals surface area contributed by atoms with Crippen LogP contribution in [0.25, 0.3) is 50.9 Å². The van der Waals surface area contributed by atoms with Crippen molar-refractivity contribution in [1.29, 1.82) is 0 Å². The quantitative estimate of drug-likeness (QED) is 0.131. The van der Waals surface area contributed by atoms with Gasteiger partial charge >= 0.3 is 0 Å². The first-order valence-electron chi connectivity index (χ1n) is 20.6. The van der Waals surface area contributed by atoms with Crippen LogP contribution in [0.15, 0.2) is 164 Å². The molecule has 0 saturated carbocycles. The van der Waals surface area contributed by atoms with Crippen LogP contribution in [-0.4, -0.2) is 12.6 Å². The van der Waals surface area contributed by atoms with Gasteiger partial charge < -0.3 is 9.80 Å². The maximum absolute atomic E-state index is 2.61. The maximum atomic E-state index is 2.61. The lowest BCUT2D eigenvalue weighted by molar-refractivity contribution is 0.478. The molecule has 276 valence electrons. The van der Waals surface area contributed by atoms with Crippen LogP contribution in [0.2, 0.25) is 0 Å². The number of allylic oxidation sites excluding steroid dienone is 2. The van der Waals surface area contributed by atoms with Gasteiger partial charge in [-0.25, -0.2) is 0 Å². The first-order chi connectivity index (χ1) is 27.9. The molecule has 57 heavy (non-hydrogen) atoms. The molecule has 7 aromatic rings. The molecule has 0 amide bonds. The summed E-state index contributed by atoms with van der Waals surface area (Å²) < 4.78 is 0. The Labute approximate surface area is 336 Å². The van der Waals surface area contributed by atoms with E-state index in [4.69, 9.17) is 0 Å². The molecule has 2 aliphatic heterocycles. The summed E-state index contributed by atoms with van der Waals surface area (Å²) >= 11 is 0. The highest BCUT2D eigenvalue weighted by atomic mass is 15.2. The van der Waals surface area contributed by atoms with Crippen LogP contribution in [-0.2, 0) is 11.8 Å². The highest BCUT2D eigenvalue weighted by molar-refractivity contribution is 6.18. The zero-order chi connectivity index (χ0) is 38.3. The Bertz CT molecular complexity index is 2840. The van der Waals surface area contributed by atoms with Crippen molar-refractivity contribution in [1.82, 2.24) is 0 Å². The number of hydrogen-bond acceptors (Lipinski definition) is 2. The average Bonchev–Trinajstić information content (AvgIpc) is 3.38. The van der Waals surface area contributed by atoms with Gasteiger partial charge in [0, 0.05) is 45.2 Å². The van der Waals surface area contributed by atoms with Gasteiger partial charge in [-0.2, -0.15) is 0 Å². The molecule has 0 aromatic heterocycles. The highest BCUT2D eigenvalue weighted by Crippen LogP contribution is 2.52. The average molecular weight is 735 g/mol. The van der Waals surface area contributed by atoms with Gasteiger partial charge in [-0.3, -0.25) is 0 Å². The van der Waals surface area contributed by atoms with E-state index in [-0.39, 0.29) is 16.9 Å². The number of aryl methyl sites for hydroxylation is 1. The molecule has 11 rings (SSSR count). The molecule has 2 heteroatoms. The fraction of sp³-hybridized carbons (Fsp3) is 0.164. The Kier molecular flexibility index (Phi) is 7.63.